The lowest BCUT2D eigenvalue weighted by Gasteiger charge is -2.13. The number of nitrogens with two attached hydrogens (primary N) is 1. The van der Waals surface area contributed by atoms with Gasteiger partial charge < -0.3 is 5.73 Å². The van der Waals surface area contributed by atoms with Crippen molar-refractivity contribution in [2.75, 3.05) is 0 Å². The van der Waals surface area contributed by atoms with Gasteiger partial charge in [0.25, 0.3) is 0 Å². The average molecular weight is 335 g/mol. The molecule has 8 heteroatoms. The molecule has 0 saturated carbocycles. The quantitative estimate of drug-likeness (QED) is 0.928. The van der Waals surface area contributed by atoms with E-state index in [9.17, 15) is 18.0 Å². The number of thiophene rings is 1. The Morgan fingerprint density at radius 1 is 1.48 bits per heavy atom. The molecule has 2 N–H and O–H groups in total. The molecule has 2 heterocycles. The lowest BCUT2D eigenvalue weighted by Crippen LogP contribution is -2.23. The van der Waals surface area contributed by atoms with Crippen molar-refractivity contribution in [3.05, 3.63) is 50.9 Å². The molecule has 2 aromatic heterocycles. The minimum absolute atomic E-state index is 0.0623. The van der Waals surface area contributed by atoms with Gasteiger partial charge in [-0.05, 0) is 17.5 Å². The topological polar surface area (TPSA) is 56.0 Å². The van der Waals surface area contributed by atoms with Crippen LogP contribution in [0.5, 0.6) is 0 Å². The Hall–Kier alpha value is -1.60. The van der Waals surface area contributed by atoms with Crippen molar-refractivity contribution < 1.29 is 18.0 Å². The maximum Gasteiger partial charge on any atom is 0.417 e. The third-order valence-electron chi connectivity index (χ3n) is 2.87. The van der Waals surface area contributed by atoms with Gasteiger partial charge in [0.2, 0.25) is 5.91 Å². The van der Waals surface area contributed by atoms with Crippen LogP contribution in [-0.2, 0) is 17.4 Å². The van der Waals surface area contributed by atoms with Gasteiger partial charge in [0.05, 0.1) is 22.2 Å². The highest BCUT2D eigenvalue weighted by Gasteiger charge is 2.32. The number of carbonyl (C=O) groups excluding carboxylic acids is 1. The number of amides is 1. The molecular weight excluding hydrogens is 325 g/mol. The van der Waals surface area contributed by atoms with E-state index in [1.54, 1.807) is 17.5 Å². The fourth-order valence-electron chi connectivity index (χ4n) is 1.80. The van der Waals surface area contributed by atoms with Crippen LogP contribution < -0.4 is 5.73 Å². The van der Waals surface area contributed by atoms with Gasteiger partial charge in [-0.15, -0.1) is 11.3 Å². The van der Waals surface area contributed by atoms with E-state index >= 15 is 0 Å². The summed E-state index contributed by atoms with van der Waals surface area (Å²) in [6.07, 6.45) is -3.74. The zero-order valence-corrected chi connectivity index (χ0v) is 12.1. The molecule has 112 valence electrons. The van der Waals surface area contributed by atoms with E-state index in [1.165, 1.54) is 11.3 Å². The molecule has 2 rings (SSSR count). The van der Waals surface area contributed by atoms with Gasteiger partial charge in [-0.1, -0.05) is 17.7 Å². The SMILES string of the molecule is NC(=O)C(Cc1ncc(C(F)(F)F)cc1Cl)c1cccs1. The van der Waals surface area contributed by atoms with Crippen LogP contribution in [0.2, 0.25) is 5.02 Å². The molecule has 0 saturated heterocycles. The molecule has 0 radical (unpaired) electrons. The second-order valence-corrected chi connectivity index (χ2v) is 5.71. The minimum Gasteiger partial charge on any atom is -0.369 e. The molecule has 0 bridgehead atoms. The van der Waals surface area contributed by atoms with E-state index in [4.69, 9.17) is 17.3 Å². The maximum absolute atomic E-state index is 12.5. The van der Waals surface area contributed by atoms with Gasteiger partial charge in [0.1, 0.15) is 0 Å². The van der Waals surface area contributed by atoms with Crippen LogP contribution in [0.1, 0.15) is 22.1 Å². The molecule has 1 unspecified atom stereocenters. The summed E-state index contributed by atoms with van der Waals surface area (Å²) in [5.74, 6) is -1.23. The van der Waals surface area contributed by atoms with E-state index in [-0.39, 0.29) is 17.1 Å². The van der Waals surface area contributed by atoms with Crippen LogP contribution in [0.15, 0.2) is 29.8 Å². The predicted molar refractivity (Wildman–Crippen MR) is 74.2 cm³/mol. The number of rotatable bonds is 4. The molecule has 0 aromatic carbocycles. The van der Waals surface area contributed by atoms with Crippen LogP contribution >= 0.6 is 22.9 Å². The van der Waals surface area contributed by atoms with Crippen molar-refractivity contribution in [3.63, 3.8) is 0 Å². The highest BCUT2D eigenvalue weighted by molar-refractivity contribution is 7.10. The molecule has 0 aliphatic rings. The van der Waals surface area contributed by atoms with Gasteiger partial charge in [-0.2, -0.15) is 13.2 Å². The fourth-order valence-corrected chi connectivity index (χ4v) is 2.87. The Balaban J connectivity index is 2.28. The van der Waals surface area contributed by atoms with Crippen LogP contribution in [-0.4, -0.2) is 10.9 Å². The number of halogens is 4. The van der Waals surface area contributed by atoms with Gasteiger partial charge in [-0.3, -0.25) is 9.78 Å². The van der Waals surface area contributed by atoms with Crippen molar-refractivity contribution in [3.8, 4) is 0 Å². The first-order chi connectivity index (χ1) is 9.79. The molecule has 0 spiro atoms. The Morgan fingerprint density at radius 2 is 2.19 bits per heavy atom. The van der Waals surface area contributed by atoms with Crippen LogP contribution in [0.25, 0.3) is 0 Å². The van der Waals surface area contributed by atoms with E-state index in [0.717, 1.165) is 10.9 Å². The van der Waals surface area contributed by atoms with E-state index < -0.39 is 23.6 Å². The average Bonchev–Trinajstić information content (AvgIpc) is 2.89. The normalized spacial score (nSPS) is 13.1. The summed E-state index contributed by atoms with van der Waals surface area (Å²) in [5, 5.41) is 1.65. The molecule has 2 aromatic rings. The first-order valence-corrected chi connectivity index (χ1v) is 7.09. The zero-order valence-electron chi connectivity index (χ0n) is 10.5. The maximum atomic E-state index is 12.5. The molecule has 1 amide bonds. The second kappa shape index (κ2) is 6.03. The first-order valence-electron chi connectivity index (χ1n) is 5.83. The number of pyridine rings is 1. The number of aromatic nitrogens is 1. The Morgan fingerprint density at radius 3 is 2.67 bits per heavy atom. The highest BCUT2D eigenvalue weighted by Crippen LogP contribution is 2.33. The standard InChI is InChI=1S/C13H10ClF3N2OS/c14-9-4-7(13(15,16)17)6-19-10(9)5-8(12(18)20)11-2-1-3-21-11/h1-4,6,8H,5H2,(H2,18,20). The number of primary amides is 1. The van der Waals surface area contributed by atoms with Crippen molar-refractivity contribution in [2.45, 2.75) is 18.5 Å². The summed E-state index contributed by atoms with van der Waals surface area (Å²) < 4.78 is 37.6. The summed E-state index contributed by atoms with van der Waals surface area (Å²) in [6.45, 7) is 0. The van der Waals surface area contributed by atoms with Crippen LogP contribution in [0.4, 0.5) is 13.2 Å². The summed E-state index contributed by atoms with van der Waals surface area (Å²) in [4.78, 5) is 16.0. The lowest BCUT2D eigenvalue weighted by atomic mass is 10.00. The number of hydrogen-bond donors (Lipinski definition) is 1. The molecule has 21 heavy (non-hydrogen) atoms. The second-order valence-electron chi connectivity index (χ2n) is 4.32. The Labute approximate surface area is 127 Å². The highest BCUT2D eigenvalue weighted by atomic mass is 35.5. The van der Waals surface area contributed by atoms with Gasteiger partial charge in [-0.25, -0.2) is 0 Å². The number of carbonyl (C=O) groups is 1. The molecule has 3 nitrogen and oxygen atoms in total. The summed E-state index contributed by atoms with van der Waals surface area (Å²) in [7, 11) is 0. The molecule has 0 aliphatic heterocycles. The molecule has 1 atom stereocenters. The first kappa shape index (κ1) is 15.8. The Kier molecular flexibility index (Phi) is 4.53. The van der Waals surface area contributed by atoms with Crippen LogP contribution in [0.3, 0.4) is 0 Å². The fraction of sp³-hybridized carbons (Fsp3) is 0.231. The molecular formula is C13H10ClF3N2OS. The third kappa shape index (κ3) is 3.74. The van der Waals surface area contributed by atoms with Gasteiger partial charge in [0, 0.05) is 17.5 Å². The molecule has 0 aliphatic carbocycles. The Bertz CT molecular complexity index is 643. The number of nitrogens with zero attached hydrogens (tertiary/aromatic N) is 1. The predicted octanol–water partition coefficient (Wildman–Crippen LogP) is 3.63. The summed E-state index contributed by atoms with van der Waals surface area (Å²) in [5.41, 5.74) is 4.62. The minimum atomic E-state index is -4.51. The van der Waals surface area contributed by atoms with Crippen molar-refractivity contribution in [1.82, 2.24) is 4.98 Å². The molecule has 0 fully saturated rings. The van der Waals surface area contributed by atoms with E-state index in [2.05, 4.69) is 4.98 Å². The lowest BCUT2D eigenvalue weighted by molar-refractivity contribution is -0.137. The monoisotopic (exact) mass is 334 g/mol. The van der Waals surface area contributed by atoms with E-state index in [0.29, 0.717) is 6.20 Å². The third-order valence-corrected chi connectivity index (χ3v) is 4.19. The van der Waals surface area contributed by atoms with Crippen molar-refractivity contribution in [2.24, 2.45) is 5.73 Å². The smallest absolute Gasteiger partial charge is 0.369 e. The van der Waals surface area contributed by atoms with Crippen molar-refractivity contribution in [1.29, 1.82) is 0 Å². The summed E-state index contributed by atoms with van der Waals surface area (Å²) >= 11 is 7.17. The zero-order chi connectivity index (χ0) is 15.6. The largest absolute Gasteiger partial charge is 0.417 e. The number of alkyl halides is 3. The summed E-state index contributed by atoms with van der Waals surface area (Å²) in [6, 6.07) is 4.30. The number of hydrogen-bond acceptors (Lipinski definition) is 3. The van der Waals surface area contributed by atoms with Gasteiger partial charge >= 0.3 is 6.18 Å². The van der Waals surface area contributed by atoms with Crippen molar-refractivity contribution >= 4 is 28.8 Å². The van der Waals surface area contributed by atoms with E-state index in [1.807, 2.05) is 0 Å². The van der Waals surface area contributed by atoms with Crippen LogP contribution in [0, 0.1) is 0 Å². The van der Waals surface area contributed by atoms with Gasteiger partial charge in [0.15, 0.2) is 0 Å².